The lowest BCUT2D eigenvalue weighted by Gasteiger charge is -2.13. The average molecular weight is 212 g/mol. The molecule has 1 aromatic rings. The third kappa shape index (κ3) is 2.04. The van der Waals surface area contributed by atoms with E-state index >= 15 is 0 Å². The summed E-state index contributed by atoms with van der Waals surface area (Å²) < 4.78 is 0. The molecule has 2 N–H and O–H groups in total. The van der Waals surface area contributed by atoms with Crippen LogP contribution in [-0.4, -0.2) is 29.8 Å². The maximum absolute atomic E-state index is 5.55. The van der Waals surface area contributed by atoms with Crippen LogP contribution in [-0.2, 0) is 0 Å². The van der Waals surface area contributed by atoms with E-state index in [2.05, 4.69) is 15.1 Å². The number of anilines is 1. The minimum Gasteiger partial charge on any atom is -0.346 e. The van der Waals surface area contributed by atoms with Crippen LogP contribution in [0.25, 0.3) is 0 Å². The second-order valence-corrected chi connectivity index (χ2v) is 4.94. The second-order valence-electron chi connectivity index (χ2n) is 3.78. The van der Waals surface area contributed by atoms with Gasteiger partial charge in [-0.2, -0.15) is 0 Å². The lowest BCUT2D eigenvalue weighted by Crippen LogP contribution is -2.20. The second kappa shape index (κ2) is 4.23. The van der Waals surface area contributed by atoms with Crippen LogP contribution in [0, 0.1) is 12.8 Å². The highest BCUT2D eigenvalue weighted by Crippen LogP contribution is 2.27. The van der Waals surface area contributed by atoms with Crippen molar-refractivity contribution < 1.29 is 0 Å². The Bertz CT molecular complexity index is 299. The summed E-state index contributed by atoms with van der Waals surface area (Å²) >= 11 is 1.68. The van der Waals surface area contributed by atoms with Gasteiger partial charge in [0.15, 0.2) is 0 Å². The van der Waals surface area contributed by atoms with Crippen LogP contribution in [0.1, 0.15) is 17.8 Å². The Morgan fingerprint density at radius 3 is 3.07 bits per heavy atom. The van der Waals surface area contributed by atoms with Gasteiger partial charge in [0.2, 0.25) is 5.13 Å². The van der Waals surface area contributed by atoms with Crippen molar-refractivity contribution in [3.8, 4) is 0 Å². The summed E-state index contributed by atoms with van der Waals surface area (Å²) in [6.45, 7) is 5.01. The summed E-state index contributed by atoms with van der Waals surface area (Å²) in [7, 11) is 0. The predicted molar refractivity (Wildman–Crippen MR) is 58.6 cm³/mol. The predicted octanol–water partition coefficient (Wildman–Crippen LogP) is 1.02. The van der Waals surface area contributed by atoms with E-state index in [0.717, 1.165) is 42.1 Å². The van der Waals surface area contributed by atoms with Gasteiger partial charge < -0.3 is 10.6 Å². The molecule has 1 aromatic heterocycles. The van der Waals surface area contributed by atoms with Gasteiger partial charge in [0.05, 0.1) is 0 Å². The van der Waals surface area contributed by atoms with Crippen molar-refractivity contribution in [1.29, 1.82) is 0 Å². The molecule has 2 rings (SSSR count). The first-order valence-electron chi connectivity index (χ1n) is 5.04. The van der Waals surface area contributed by atoms with Gasteiger partial charge in [-0.15, -0.1) is 10.2 Å². The molecule has 1 fully saturated rings. The summed E-state index contributed by atoms with van der Waals surface area (Å²) in [5.41, 5.74) is 5.55. The van der Waals surface area contributed by atoms with Crippen molar-refractivity contribution in [2.45, 2.75) is 19.8 Å². The minimum absolute atomic E-state index is 0.754. The molecule has 1 aliphatic heterocycles. The molecular weight excluding hydrogens is 196 g/mol. The Labute approximate surface area is 88.1 Å². The molecule has 0 saturated carbocycles. The Morgan fingerprint density at radius 1 is 1.57 bits per heavy atom. The Balaban J connectivity index is 1.95. The standard InChI is InChI=1S/C9H16N4S/c1-7-11-12-9(14-7)13-5-3-8(6-13)2-4-10/h8H,2-6,10H2,1H3. The van der Waals surface area contributed by atoms with Crippen LogP contribution in [0.5, 0.6) is 0 Å². The van der Waals surface area contributed by atoms with Gasteiger partial charge in [0, 0.05) is 13.1 Å². The molecule has 0 spiro atoms. The summed E-state index contributed by atoms with van der Waals surface area (Å²) in [6.07, 6.45) is 2.38. The highest BCUT2D eigenvalue weighted by Gasteiger charge is 2.23. The molecule has 1 unspecified atom stereocenters. The van der Waals surface area contributed by atoms with Crippen molar-refractivity contribution in [2.75, 3.05) is 24.5 Å². The summed E-state index contributed by atoms with van der Waals surface area (Å²) in [5, 5.41) is 10.3. The Morgan fingerprint density at radius 2 is 2.43 bits per heavy atom. The monoisotopic (exact) mass is 212 g/mol. The number of aryl methyl sites for hydroxylation is 1. The first kappa shape index (κ1) is 9.86. The highest BCUT2D eigenvalue weighted by molar-refractivity contribution is 7.15. The molecule has 78 valence electrons. The van der Waals surface area contributed by atoms with Crippen LogP contribution in [0.15, 0.2) is 0 Å². The first-order valence-corrected chi connectivity index (χ1v) is 5.86. The van der Waals surface area contributed by atoms with Gasteiger partial charge in [-0.05, 0) is 32.2 Å². The molecule has 1 aliphatic rings. The summed E-state index contributed by atoms with van der Waals surface area (Å²) in [5.74, 6) is 0.754. The van der Waals surface area contributed by atoms with Crippen LogP contribution < -0.4 is 10.6 Å². The lowest BCUT2D eigenvalue weighted by molar-refractivity contribution is 0.546. The van der Waals surface area contributed by atoms with Crippen molar-refractivity contribution >= 4 is 16.5 Å². The fraction of sp³-hybridized carbons (Fsp3) is 0.778. The molecule has 0 bridgehead atoms. The van der Waals surface area contributed by atoms with Crippen molar-refractivity contribution in [3.05, 3.63) is 5.01 Å². The van der Waals surface area contributed by atoms with E-state index in [0.29, 0.717) is 0 Å². The van der Waals surface area contributed by atoms with Gasteiger partial charge >= 0.3 is 0 Å². The molecule has 0 amide bonds. The van der Waals surface area contributed by atoms with Gasteiger partial charge in [0.1, 0.15) is 5.01 Å². The van der Waals surface area contributed by atoms with E-state index in [4.69, 9.17) is 5.73 Å². The van der Waals surface area contributed by atoms with E-state index in [-0.39, 0.29) is 0 Å². The lowest BCUT2D eigenvalue weighted by atomic mass is 10.1. The normalized spacial score (nSPS) is 21.9. The van der Waals surface area contributed by atoms with Gasteiger partial charge in [-0.25, -0.2) is 0 Å². The van der Waals surface area contributed by atoms with E-state index < -0.39 is 0 Å². The maximum atomic E-state index is 5.55. The SMILES string of the molecule is Cc1nnc(N2CCC(CCN)C2)s1. The molecule has 5 heteroatoms. The third-order valence-corrected chi connectivity index (χ3v) is 3.55. The van der Waals surface area contributed by atoms with Crippen molar-refractivity contribution in [1.82, 2.24) is 10.2 Å². The summed E-state index contributed by atoms with van der Waals surface area (Å²) in [6, 6.07) is 0. The van der Waals surface area contributed by atoms with Crippen LogP contribution in [0.3, 0.4) is 0 Å². The minimum atomic E-state index is 0.754. The number of nitrogens with two attached hydrogens (primary N) is 1. The van der Waals surface area contributed by atoms with E-state index in [1.54, 1.807) is 11.3 Å². The van der Waals surface area contributed by atoms with Crippen molar-refractivity contribution in [2.24, 2.45) is 11.7 Å². The van der Waals surface area contributed by atoms with Gasteiger partial charge in [-0.1, -0.05) is 11.3 Å². The van der Waals surface area contributed by atoms with Crippen LogP contribution in [0.4, 0.5) is 5.13 Å². The Hall–Kier alpha value is -0.680. The highest BCUT2D eigenvalue weighted by atomic mass is 32.1. The molecule has 0 radical (unpaired) electrons. The van der Waals surface area contributed by atoms with E-state index in [9.17, 15) is 0 Å². The number of hydrogen-bond donors (Lipinski definition) is 1. The van der Waals surface area contributed by atoms with Crippen LogP contribution in [0.2, 0.25) is 0 Å². The summed E-state index contributed by atoms with van der Waals surface area (Å²) in [4.78, 5) is 2.32. The fourth-order valence-electron chi connectivity index (χ4n) is 1.89. The number of nitrogens with zero attached hydrogens (tertiary/aromatic N) is 3. The quantitative estimate of drug-likeness (QED) is 0.813. The number of hydrogen-bond acceptors (Lipinski definition) is 5. The van der Waals surface area contributed by atoms with Gasteiger partial charge in [0.25, 0.3) is 0 Å². The van der Waals surface area contributed by atoms with Crippen LogP contribution >= 0.6 is 11.3 Å². The zero-order valence-corrected chi connectivity index (χ0v) is 9.26. The molecule has 14 heavy (non-hydrogen) atoms. The molecule has 1 saturated heterocycles. The molecule has 0 aliphatic carbocycles. The number of aromatic nitrogens is 2. The zero-order chi connectivity index (χ0) is 9.97. The molecular formula is C9H16N4S. The zero-order valence-electron chi connectivity index (χ0n) is 8.44. The smallest absolute Gasteiger partial charge is 0.208 e. The molecule has 0 aromatic carbocycles. The van der Waals surface area contributed by atoms with E-state index in [1.165, 1.54) is 6.42 Å². The molecule has 4 nitrogen and oxygen atoms in total. The van der Waals surface area contributed by atoms with Gasteiger partial charge in [-0.3, -0.25) is 0 Å². The first-order chi connectivity index (χ1) is 6.79. The molecule has 2 heterocycles. The Kier molecular flexibility index (Phi) is 2.98. The number of rotatable bonds is 3. The third-order valence-electron chi connectivity index (χ3n) is 2.65. The average Bonchev–Trinajstić information content (AvgIpc) is 2.74. The fourth-order valence-corrected chi connectivity index (χ4v) is 2.61. The molecule has 1 atom stereocenters. The topological polar surface area (TPSA) is 55.0 Å². The maximum Gasteiger partial charge on any atom is 0.208 e. The largest absolute Gasteiger partial charge is 0.346 e. The van der Waals surface area contributed by atoms with E-state index in [1.807, 2.05) is 6.92 Å². The van der Waals surface area contributed by atoms with Crippen molar-refractivity contribution in [3.63, 3.8) is 0 Å².